The lowest BCUT2D eigenvalue weighted by molar-refractivity contribution is -0.138. The standard InChI is InChI=1S/C25H31N3O3/c1-5-13-27(16-23(29)26-21-11-7-6-9-18(21)3)25(31)20-14-24(30)28(15-20)22-12-8-10-17(2)19(22)4/h6-12,20H,5,13-16H2,1-4H3,(H,26,29)/t20-/m0/s1. The van der Waals surface area contributed by atoms with Crippen molar-refractivity contribution in [3.8, 4) is 0 Å². The third-order valence-corrected chi connectivity index (χ3v) is 5.90. The zero-order chi connectivity index (χ0) is 22.5. The molecule has 1 atom stereocenters. The van der Waals surface area contributed by atoms with Crippen molar-refractivity contribution in [1.29, 1.82) is 0 Å². The van der Waals surface area contributed by atoms with Gasteiger partial charge in [0.2, 0.25) is 17.7 Å². The molecule has 3 amide bonds. The van der Waals surface area contributed by atoms with E-state index >= 15 is 0 Å². The molecule has 0 bridgehead atoms. The zero-order valence-electron chi connectivity index (χ0n) is 18.8. The highest BCUT2D eigenvalue weighted by Gasteiger charge is 2.38. The van der Waals surface area contributed by atoms with Crippen molar-refractivity contribution in [1.82, 2.24) is 4.90 Å². The molecule has 1 aliphatic heterocycles. The minimum Gasteiger partial charge on any atom is -0.333 e. The third-order valence-electron chi connectivity index (χ3n) is 5.90. The van der Waals surface area contributed by atoms with E-state index in [0.29, 0.717) is 13.1 Å². The molecule has 31 heavy (non-hydrogen) atoms. The Kier molecular flexibility index (Phi) is 7.10. The van der Waals surface area contributed by atoms with Gasteiger partial charge in [-0.25, -0.2) is 0 Å². The first-order chi connectivity index (χ1) is 14.8. The number of nitrogens with zero attached hydrogens (tertiary/aromatic N) is 2. The first kappa shape index (κ1) is 22.5. The van der Waals surface area contributed by atoms with Crippen LogP contribution in [0.25, 0.3) is 0 Å². The van der Waals surface area contributed by atoms with E-state index in [1.807, 2.05) is 70.2 Å². The van der Waals surface area contributed by atoms with E-state index in [4.69, 9.17) is 0 Å². The summed E-state index contributed by atoms with van der Waals surface area (Å²) in [4.78, 5) is 41.9. The molecule has 0 saturated carbocycles. The van der Waals surface area contributed by atoms with Crippen LogP contribution in [0.3, 0.4) is 0 Å². The molecular weight excluding hydrogens is 390 g/mol. The molecule has 1 aliphatic rings. The number of carbonyl (C=O) groups excluding carboxylic acids is 3. The van der Waals surface area contributed by atoms with Gasteiger partial charge in [-0.05, 0) is 56.0 Å². The van der Waals surface area contributed by atoms with E-state index in [2.05, 4.69) is 5.32 Å². The number of amides is 3. The van der Waals surface area contributed by atoms with Crippen LogP contribution in [0.4, 0.5) is 11.4 Å². The second kappa shape index (κ2) is 9.77. The Morgan fingerprint density at radius 2 is 1.77 bits per heavy atom. The first-order valence-electron chi connectivity index (χ1n) is 10.8. The van der Waals surface area contributed by atoms with Gasteiger partial charge in [0.1, 0.15) is 0 Å². The number of rotatable bonds is 7. The van der Waals surface area contributed by atoms with Crippen LogP contribution in [0.1, 0.15) is 36.5 Å². The SMILES string of the molecule is CCCN(CC(=O)Nc1ccccc1C)C(=O)[C@H]1CC(=O)N(c2cccc(C)c2C)C1. The van der Waals surface area contributed by atoms with Gasteiger partial charge in [0.05, 0.1) is 12.5 Å². The number of nitrogens with one attached hydrogen (secondary N) is 1. The monoisotopic (exact) mass is 421 g/mol. The Morgan fingerprint density at radius 3 is 2.48 bits per heavy atom. The van der Waals surface area contributed by atoms with Gasteiger partial charge in [-0.15, -0.1) is 0 Å². The fraction of sp³-hybridized carbons (Fsp3) is 0.400. The predicted octanol–water partition coefficient (Wildman–Crippen LogP) is 3.84. The van der Waals surface area contributed by atoms with Crippen molar-refractivity contribution in [3.05, 3.63) is 59.2 Å². The second-order valence-corrected chi connectivity index (χ2v) is 8.25. The fourth-order valence-corrected chi connectivity index (χ4v) is 4.01. The van der Waals surface area contributed by atoms with Crippen LogP contribution in [0.15, 0.2) is 42.5 Å². The third kappa shape index (κ3) is 5.13. The fourth-order valence-electron chi connectivity index (χ4n) is 4.01. The summed E-state index contributed by atoms with van der Waals surface area (Å²) in [6.45, 7) is 8.72. The smallest absolute Gasteiger partial charge is 0.244 e. The summed E-state index contributed by atoms with van der Waals surface area (Å²) in [6.07, 6.45) is 0.913. The average Bonchev–Trinajstić information content (AvgIpc) is 3.12. The summed E-state index contributed by atoms with van der Waals surface area (Å²) >= 11 is 0. The minimum atomic E-state index is -0.440. The summed E-state index contributed by atoms with van der Waals surface area (Å²) in [7, 11) is 0. The number of benzene rings is 2. The highest BCUT2D eigenvalue weighted by atomic mass is 16.2. The Hall–Kier alpha value is -3.15. The van der Waals surface area contributed by atoms with Crippen LogP contribution in [-0.2, 0) is 14.4 Å². The molecule has 0 radical (unpaired) electrons. The number of aryl methyl sites for hydroxylation is 2. The van der Waals surface area contributed by atoms with Crippen molar-refractivity contribution < 1.29 is 14.4 Å². The van der Waals surface area contributed by atoms with Crippen LogP contribution < -0.4 is 10.2 Å². The van der Waals surface area contributed by atoms with Crippen LogP contribution >= 0.6 is 0 Å². The molecule has 0 aromatic heterocycles. The van der Waals surface area contributed by atoms with Crippen molar-refractivity contribution >= 4 is 29.1 Å². The molecular formula is C25H31N3O3. The normalized spacial score (nSPS) is 15.8. The maximum absolute atomic E-state index is 13.2. The van der Waals surface area contributed by atoms with Gasteiger partial charge in [0, 0.05) is 30.9 Å². The van der Waals surface area contributed by atoms with Gasteiger partial charge in [0.25, 0.3) is 0 Å². The lowest BCUT2D eigenvalue weighted by atomic mass is 10.1. The van der Waals surface area contributed by atoms with Crippen LogP contribution in [0.2, 0.25) is 0 Å². The Bertz CT molecular complexity index is 986. The summed E-state index contributed by atoms with van der Waals surface area (Å²) in [5.74, 6) is -0.854. The van der Waals surface area contributed by atoms with Crippen LogP contribution in [-0.4, -0.2) is 42.3 Å². The molecule has 0 unspecified atom stereocenters. The lowest BCUT2D eigenvalue weighted by Gasteiger charge is -2.25. The molecule has 3 rings (SSSR count). The molecule has 1 saturated heterocycles. The molecule has 6 heteroatoms. The van der Waals surface area contributed by atoms with E-state index in [9.17, 15) is 14.4 Å². The van der Waals surface area contributed by atoms with Gasteiger partial charge >= 0.3 is 0 Å². The Labute approximate surface area is 184 Å². The van der Waals surface area contributed by atoms with Crippen LogP contribution in [0.5, 0.6) is 0 Å². The maximum atomic E-state index is 13.2. The Morgan fingerprint density at radius 1 is 1.06 bits per heavy atom. The quantitative estimate of drug-likeness (QED) is 0.738. The number of hydrogen-bond acceptors (Lipinski definition) is 3. The van der Waals surface area contributed by atoms with E-state index in [1.165, 1.54) is 0 Å². The lowest BCUT2D eigenvalue weighted by Crippen LogP contribution is -2.42. The molecule has 2 aromatic rings. The second-order valence-electron chi connectivity index (χ2n) is 8.25. The predicted molar refractivity (Wildman–Crippen MR) is 123 cm³/mol. The molecule has 2 aromatic carbocycles. The molecule has 1 heterocycles. The van der Waals surface area contributed by atoms with E-state index in [-0.39, 0.29) is 30.7 Å². The summed E-state index contributed by atoms with van der Waals surface area (Å²) in [5, 5.41) is 2.89. The highest BCUT2D eigenvalue weighted by Crippen LogP contribution is 2.30. The zero-order valence-corrected chi connectivity index (χ0v) is 18.8. The molecule has 164 valence electrons. The number of carbonyl (C=O) groups is 3. The van der Waals surface area contributed by atoms with Crippen molar-refractivity contribution in [2.75, 3.05) is 29.9 Å². The molecule has 6 nitrogen and oxygen atoms in total. The van der Waals surface area contributed by atoms with Gasteiger partial charge in [-0.3, -0.25) is 14.4 Å². The molecule has 0 aliphatic carbocycles. The van der Waals surface area contributed by atoms with Crippen molar-refractivity contribution in [3.63, 3.8) is 0 Å². The molecule has 1 fully saturated rings. The van der Waals surface area contributed by atoms with Crippen LogP contribution in [0, 0.1) is 26.7 Å². The topological polar surface area (TPSA) is 69.7 Å². The summed E-state index contributed by atoms with van der Waals surface area (Å²) in [6, 6.07) is 13.4. The van der Waals surface area contributed by atoms with Gasteiger partial charge in [-0.2, -0.15) is 0 Å². The number of para-hydroxylation sites is 1. The van der Waals surface area contributed by atoms with Crippen molar-refractivity contribution in [2.45, 2.75) is 40.5 Å². The van der Waals surface area contributed by atoms with Crippen molar-refractivity contribution in [2.24, 2.45) is 5.92 Å². The van der Waals surface area contributed by atoms with E-state index in [1.54, 1.807) is 9.80 Å². The summed E-state index contributed by atoms with van der Waals surface area (Å²) < 4.78 is 0. The highest BCUT2D eigenvalue weighted by molar-refractivity contribution is 6.02. The Balaban J connectivity index is 1.70. The average molecular weight is 422 g/mol. The minimum absolute atomic E-state index is 0.0187. The first-order valence-corrected chi connectivity index (χ1v) is 10.8. The largest absolute Gasteiger partial charge is 0.333 e. The van der Waals surface area contributed by atoms with E-state index < -0.39 is 5.92 Å². The number of anilines is 2. The van der Waals surface area contributed by atoms with Gasteiger partial charge < -0.3 is 15.1 Å². The van der Waals surface area contributed by atoms with Gasteiger partial charge in [-0.1, -0.05) is 37.3 Å². The van der Waals surface area contributed by atoms with Gasteiger partial charge in [0.15, 0.2) is 0 Å². The molecule has 0 spiro atoms. The molecule has 1 N–H and O–H groups in total. The number of hydrogen-bond donors (Lipinski definition) is 1. The summed E-state index contributed by atoms with van der Waals surface area (Å²) in [5.41, 5.74) is 4.73. The maximum Gasteiger partial charge on any atom is 0.244 e. The van der Waals surface area contributed by atoms with E-state index in [0.717, 1.165) is 34.5 Å².